The van der Waals surface area contributed by atoms with Crippen molar-refractivity contribution in [3.63, 3.8) is 0 Å². The van der Waals surface area contributed by atoms with Gasteiger partial charge in [-0.3, -0.25) is 0 Å². The Hall–Kier alpha value is -0.350. The average Bonchev–Trinajstić information content (AvgIpc) is 2.28. The summed E-state index contributed by atoms with van der Waals surface area (Å²) in [6.07, 6.45) is 0. The van der Waals surface area contributed by atoms with Gasteiger partial charge in [0.15, 0.2) is 0 Å². The molecule has 0 unspecified atom stereocenters. The minimum absolute atomic E-state index is 0.0595. The van der Waals surface area contributed by atoms with Crippen molar-refractivity contribution in [1.29, 1.82) is 0 Å². The number of nitrogens with two attached hydrogens (primary N) is 1. The van der Waals surface area contributed by atoms with E-state index in [0.717, 1.165) is 16.1 Å². The van der Waals surface area contributed by atoms with Crippen LogP contribution in [0.1, 0.15) is 32.3 Å². The fraction of sp³-hybridized carbons (Fsp3) is 0.667. The van der Waals surface area contributed by atoms with Crippen molar-refractivity contribution in [2.24, 2.45) is 12.8 Å². The van der Waals surface area contributed by atoms with Crippen LogP contribution in [0.5, 0.6) is 0 Å². The number of imidazole rings is 1. The van der Waals surface area contributed by atoms with E-state index < -0.39 is 0 Å². The fourth-order valence-corrected chi connectivity index (χ4v) is 2.07. The molecule has 0 fully saturated rings. The van der Waals surface area contributed by atoms with E-state index >= 15 is 0 Å². The normalized spacial score (nSPS) is 12.2. The van der Waals surface area contributed by atoms with Crippen molar-refractivity contribution in [2.75, 3.05) is 0 Å². The van der Waals surface area contributed by atoms with Gasteiger partial charge in [-0.15, -0.1) is 0 Å². The molecule has 4 heteroatoms. The maximum absolute atomic E-state index is 5.57. The Morgan fingerprint density at radius 2 is 2.00 bits per heavy atom. The van der Waals surface area contributed by atoms with E-state index in [9.17, 15) is 0 Å². The van der Waals surface area contributed by atoms with Crippen LogP contribution in [0.4, 0.5) is 0 Å². The highest BCUT2D eigenvalue weighted by Crippen LogP contribution is 2.29. The van der Waals surface area contributed by atoms with Crippen LogP contribution < -0.4 is 5.73 Å². The minimum atomic E-state index is 0.0595. The van der Waals surface area contributed by atoms with Crippen molar-refractivity contribution < 1.29 is 0 Å². The standard InChI is InChI=1S/C9H16BrN3/c1-9(2,3)7-8(10)13(4)6(5-11)12-7/h5,11H2,1-4H3. The molecule has 3 nitrogen and oxygen atoms in total. The first-order valence-corrected chi connectivity index (χ1v) is 5.09. The smallest absolute Gasteiger partial charge is 0.123 e. The van der Waals surface area contributed by atoms with E-state index in [1.54, 1.807) is 0 Å². The highest BCUT2D eigenvalue weighted by molar-refractivity contribution is 9.10. The highest BCUT2D eigenvalue weighted by atomic mass is 79.9. The van der Waals surface area contributed by atoms with Crippen LogP contribution in [-0.2, 0) is 19.0 Å². The summed E-state index contributed by atoms with van der Waals surface area (Å²) in [5.74, 6) is 0.914. The largest absolute Gasteiger partial charge is 0.325 e. The Kier molecular flexibility index (Phi) is 2.82. The molecule has 0 aromatic carbocycles. The van der Waals surface area contributed by atoms with E-state index in [4.69, 9.17) is 5.73 Å². The Bertz CT molecular complexity index is 309. The molecule has 0 radical (unpaired) electrons. The van der Waals surface area contributed by atoms with E-state index in [-0.39, 0.29) is 5.41 Å². The van der Waals surface area contributed by atoms with Gasteiger partial charge in [0.25, 0.3) is 0 Å². The molecule has 0 aliphatic heterocycles. The first-order valence-electron chi connectivity index (χ1n) is 4.29. The van der Waals surface area contributed by atoms with Crippen molar-refractivity contribution in [3.8, 4) is 0 Å². The molecule has 0 bridgehead atoms. The number of rotatable bonds is 1. The lowest BCUT2D eigenvalue weighted by molar-refractivity contribution is 0.567. The maximum Gasteiger partial charge on any atom is 0.123 e. The van der Waals surface area contributed by atoms with Gasteiger partial charge in [0.05, 0.1) is 12.2 Å². The lowest BCUT2D eigenvalue weighted by Gasteiger charge is -2.15. The summed E-state index contributed by atoms with van der Waals surface area (Å²) in [5.41, 5.74) is 6.70. The van der Waals surface area contributed by atoms with Crippen molar-refractivity contribution >= 4 is 15.9 Å². The molecule has 1 aromatic heterocycles. The molecule has 1 aromatic rings. The summed E-state index contributed by atoms with van der Waals surface area (Å²) in [6, 6.07) is 0. The molecular formula is C9H16BrN3. The maximum atomic E-state index is 5.57. The summed E-state index contributed by atoms with van der Waals surface area (Å²) in [7, 11) is 1.97. The molecule has 0 aliphatic carbocycles. The van der Waals surface area contributed by atoms with E-state index in [2.05, 4.69) is 41.7 Å². The zero-order valence-electron chi connectivity index (χ0n) is 8.56. The second-order valence-corrected chi connectivity index (χ2v) is 4.93. The van der Waals surface area contributed by atoms with Crippen molar-refractivity contribution in [3.05, 3.63) is 16.1 Å². The second kappa shape index (κ2) is 3.42. The summed E-state index contributed by atoms with van der Waals surface area (Å²) in [5, 5.41) is 0. The van der Waals surface area contributed by atoms with E-state index in [1.165, 1.54) is 0 Å². The molecule has 74 valence electrons. The second-order valence-electron chi connectivity index (χ2n) is 4.18. The van der Waals surface area contributed by atoms with Gasteiger partial charge in [-0.1, -0.05) is 20.8 Å². The van der Waals surface area contributed by atoms with Gasteiger partial charge in [-0.25, -0.2) is 4.98 Å². The SMILES string of the molecule is Cn1c(CN)nc(C(C)(C)C)c1Br. The zero-order chi connectivity index (χ0) is 10.2. The lowest BCUT2D eigenvalue weighted by atomic mass is 9.93. The number of halogens is 1. The predicted molar refractivity (Wildman–Crippen MR) is 57.5 cm³/mol. The quantitative estimate of drug-likeness (QED) is 0.822. The molecule has 0 saturated carbocycles. The molecule has 2 N–H and O–H groups in total. The topological polar surface area (TPSA) is 43.8 Å². The van der Waals surface area contributed by atoms with Crippen LogP contribution in [0.3, 0.4) is 0 Å². The van der Waals surface area contributed by atoms with Crippen LogP contribution in [0.25, 0.3) is 0 Å². The molecular weight excluding hydrogens is 230 g/mol. The van der Waals surface area contributed by atoms with E-state index in [0.29, 0.717) is 6.54 Å². The van der Waals surface area contributed by atoms with Gasteiger partial charge < -0.3 is 10.3 Å². The van der Waals surface area contributed by atoms with Gasteiger partial charge in [-0.2, -0.15) is 0 Å². The summed E-state index contributed by atoms with van der Waals surface area (Å²) < 4.78 is 3.01. The molecule has 0 aliphatic rings. The number of aromatic nitrogens is 2. The van der Waals surface area contributed by atoms with Gasteiger partial charge >= 0.3 is 0 Å². The highest BCUT2D eigenvalue weighted by Gasteiger charge is 2.23. The summed E-state index contributed by atoms with van der Waals surface area (Å²) in [4.78, 5) is 4.49. The van der Waals surface area contributed by atoms with Crippen LogP contribution in [-0.4, -0.2) is 9.55 Å². The Labute approximate surface area is 87.5 Å². The third-order valence-corrected chi connectivity index (χ3v) is 2.92. The third kappa shape index (κ3) is 1.94. The number of nitrogens with zero attached hydrogens (tertiary/aromatic N) is 2. The van der Waals surface area contributed by atoms with Gasteiger partial charge in [-0.05, 0) is 15.9 Å². The lowest BCUT2D eigenvalue weighted by Crippen LogP contribution is -2.12. The van der Waals surface area contributed by atoms with Crippen LogP contribution in [0.15, 0.2) is 4.60 Å². The van der Waals surface area contributed by atoms with Gasteiger partial charge in [0.2, 0.25) is 0 Å². The van der Waals surface area contributed by atoms with Gasteiger partial charge in [0, 0.05) is 12.5 Å². The number of hydrogen-bond donors (Lipinski definition) is 1. The molecule has 0 spiro atoms. The Morgan fingerprint density at radius 3 is 2.23 bits per heavy atom. The number of hydrogen-bond acceptors (Lipinski definition) is 2. The zero-order valence-corrected chi connectivity index (χ0v) is 10.1. The van der Waals surface area contributed by atoms with Crippen LogP contribution in [0.2, 0.25) is 0 Å². The molecule has 1 heterocycles. The molecule has 0 atom stereocenters. The van der Waals surface area contributed by atoms with Crippen LogP contribution >= 0.6 is 15.9 Å². The summed E-state index contributed by atoms with van der Waals surface area (Å²) in [6.45, 7) is 6.90. The Balaban J connectivity index is 3.25. The third-order valence-electron chi connectivity index (χ3n) is 2.01. The predicted octanol–water partition coefficient (Wildman–Crippen LogP) is 1.94. The van der Waals surface area contributed by atoms with Gasteiger partial charge in [0.1, 0.15) is 10.4 Å². The first-order chi connectivity index (χ1) is 5.88. The molecule has 0 saturated heterocycles. The molecule has 0 amide bonds. The summed E-state index contributed by atoms with van der Waals surface area (Å²) >= 11 is 3.52. The monoisotopic (exact) mass is 245 g/mol. The first kappa shape index (κ1) is 10.7. The molecule has 1 rings (SSSR count). The van der Waals surface area contributed by atoms with Crippen molar-refractivity contribution in [2.45, 2.75) is 32.7 Å². The van der Waals surface area contributed by atoms with Crippen molar-refractivity contribution in [1.82, 2.24) is 9.55 Å². The average molecular weight is 246 g/mol. The van der Waals surface area contributed by atoms with E-state index in [1.807, 2.05) is 11.6 Å². The molecule has 13 heavy (non-hydrogen) atoms. The van der Waals surface area contributed by atoms with Crippen LogP contribution in [0, 0.1) is 0 Å². The Morgan fingerprint density at radius 1 is 1.46 bits per heavy atom. The minimum Gasteiger partial charge on any atom is -0.325 e. The fourth-order valence-electron chi connectivity index (χ4n) is 1.18.